The predicted octanol–water partition coefficient (Wildman–Crippen LogP) is 6.90. The maximum absolute atomic E-state index is 12.4. The molecular formula is C30H37NO3S. The molecule has 5 heteroatoms. The van der Waals surface area contributed by atoms with Crippen molar-refractivity contribution in [1.29, 1.82) is 0 Å². The minimum atomic E-state index is -1.05. The topological polar surface area (TPSA) is 49.8 Å². The quantitative estimate of drug-likeness (QED) is 0.473. The molecule has 0 radical (unpaired) electrons. The van der Waals surface area contributed by atoms with Gasteiger partial charge in [0.2, 0.25) is 0 Å². The summed E-state index contributed by atoms with van der Waals surface area (Å²) in [6, 6.07) is 12.9. The van der Waals surface area contributed by atoms with E-state index in [-0.39, 0.29) is 16.7 Å². The second-order valence-electron chi connectivity index (χ2n) is 11.9. The molecule has 0 fully saturated rings. The average Bonchev–Trinajstić information content (AvgIpc) is 2.79. The van der Waals surface area contributed by atoms with Crippen LogP contribution >= 0.6 is 12.2 Å². The molecule has 0 amide bonds. The summed E-state index contributed by atoms with van der Waals surface area (Å²) < 4.78 is 6.09. The zero-order valence-electron chi connectivity index (χ0n) is 22.2. The zero-order chi connectivity index (χ0) is 25.9. The van der Waals surface area contributed by atoms with Gasteiger partial charge in [0.15, 0.2) is 0 Å². The van der Waals surface area contributed by atoms with E-state index in [1.807, 2.05) is 39.2 Å². The Kier molecular flexibility index (Phi) is 6.16. The first-order valence-corrected chi connectivity index (χ1v) is 12.7. The lowest BCUT2D eigenvalue weighted by molar-refractivity contribution is -0.144. The van der Waals surface area contributed by atoms with Crippen LogP contribution < -0.4 is 0 Å². The summed E-state index contributed by atoms with van der Waals surface area (Å²) in [6.07, 6.45) is 4.22. The Hall–Kier alpha value is -2.66. The predicted molar refractivity (Wildman–Crippen MR) is 147 cm³/mol. The molecule has 0 spiro atoms. The summed E-state index contributed by atoms with van der Waals surface area (Å²) in [7, 11) is 3.68. The molecule has 2 aliphatic rings. The number of benzene rings is 2. The Morgan fingerprint density at radius 1 is 0.943 bits per heavy atom. The number of hydrogen-bond donors (Lipinski definition) is 1. The lowest BCUT2D eigenvalue weighted by atomic mass is 9.63. The fourth-order valence-corrected chi connectivity index (χ4v) is 5.55. The third-order valence-corrected chi connectivity index (χ3v) is 8.80. The third kappa shape index (κ3) is 4.18. The standard InChI is InChI=1S/C30H37NO3S/c1-18-15-25(34-27(35)31(7)8)21-16-19(9-11-22(21)30(18,6)26(32)33)20-10-12-23-24(17-20)29(4,5)14-13-28(23,2)3/h9-12,15-18H,13-14H2,1-8H3,(H,32,33). The fourth-order valence-electron chi connectivity index (χ4n) is 5.46. The van der Waals surface area contributed by atoms with Gasteiger partial charge in [-0.05, 0) is 88.7 Å². The van der Waals surface area contributed by atoms with Gasteiger partial charge >= 0.3 is 5.97 Å². The fraction of sp³-hybridized carbons (Fsp3) is 0.467. The van der Waals surface area contributed by atoms with Crippen LogP contribution in [0.4, 0.5) is 0 Å². The largest absolute Gasteiger partial charge is 0.481 e. The summed E-state index contributed by atoms with van der Waals surface area (Å²) in [4.78, 5) is 14.2. The first-order chi connectivity index (χ1) is 16.2. The number of nitrogens with zero attached hydrogens (tertiary/aromatic N) is 1. The number of thiocarbonyl (C=S) groups is 1. The summed E-state index contributed by atoms with van der Waals surface area (Å²) in [5.41, 5.74) is 5.73. The molecule has 0 aromatic heterocycles. The Balaban J connectivity index is 1.87. The van der Waals surface area contributed by atoms with Crippen LogP contribution in [0.25, 0.3) is 16.9 Å². The van der Waals surface area contributed by atoms with Gasteiger partial charge in [-0.25, -0.2) is 0 Å². The van der Waals surface area contributed by atoms with E-state index < -0.39 is 11.4 Å². The molecule has 0 saturated carbocycles. The number of carbonyl (C=O) groups is 1. The SMILES string of the molecule is CC1C=C(OC(=S)N(C)C)c2cc(-c3ccc4c(c3)C(C)(C)CCC4(C)C)ccc2C1(C)C(=O)O. The molecule has 35 heavy (non-hydrogen) atoms. The van der Waals surface area contributed by atoms with Crippen LogP contribution in [0.15, 0.2) is 42.5 Å². The van der Waals surface area contributed by atoms with Crippen molar-refractivity contribution in [2.75, 3.05) is 14.1 Å². The molecule has 2 aromatic rings. The van der Waals surface area contributed by atoms with Crippen LogP contribution in [0.5, 0.6) is 0 Å². The molecule has 4 rings (SSSR count). The van der Waals surface area contributed by atoms with Crippen LogP contribution in [0.2, 0.25) is 0 Å². The highest BCUT2D eigenvalue weighted by atomic mass is 32.1. The highest BCUT2D eigenvalue weighted by Gasteiger charge is 2.45. The maximum atomic E-state index is 12.4. The van der Waals surface area contributed by atoms with Gasteiger partial charge in [0.1, 0.15) is 5.76 Å². The first-order valence-electron chi connectivity index (χ1n) is 12.3. The summed E-state index contributed by atoms with van der Waals surface area (Å²) in [6.45, 7) is 13.0. The van der Waals surface area contributed by atoms with Crippen molar-refractivity contribution in [3.05, 3.63) is 64.7 Å². The summed E-state index contributed by atoms with van der Waals surface area (Å²) in [5, 5.41) is 10.5. The van der Waals surface area contributed by atoms with Crippen molar-refractivity contribution in [3.63, 3.8) is 0 Å². The molecule has 2 unspecified atom stereocenters. The monoisotopic (exact) mass is 491 g/mol. The molecule has 0 aliphatic heterocycles. The molecule has 0 heterocycles. The van der Waals surface area contributed by atoms with Crippen molar-refractivity contribution >= 4 is 29.1 Å². The van der Waals surface area contributed by atoms with Gasteiger partial charge in [-0.15, -0.1) is 0 Å². The first kappa shape index (κ1) is 25.4. The lowest BCUT2D eigenvalue weighted by Crippen LogP contribution is -2.41. The van der Waals surface area contributed by atoms with Crippen LogP contribution in [0.1, 0.15) is 76.6 Å². The average molecular weight is 492 g/mol. The van der Waals surface area contributed by atoms with Gasteiger partial charge in [0, 0.05) is 19.7 Å². The Bertz CT molecular complexity index is 1240. The number of rotatable bonds is 3. The van der Waals surface area contributed by atoms with E-state index in [1.54, 1.807) is 11.8 Å². The van der Waals surface area contributed by atoms with Crippen molar-refractivity contribution < 1.29 is 14.6 Å². The smallest absolute Gasteiger partial charge is 0.314 e. The number of allylic oxidation sites excluding steroid dienone is 1. The van der Waals surface area contributed by atoms with E-state index in [9.17, 15) is 9.90 Å². The third-order valence-electron chi connectivity index (χ3n) is 8.35. The molecule has 4 nitrogen and oxygen atoms in total. The van der Waals surface area contributed by atoms with Crippen molar-refractivity contribution in [1.82, 2.24) is 4.90 Å². The molecule has 2 aromatic carbocycles. The molecule has 0 bridgehead atoms. The van der Waals surface area contributed by atoms with Crippen LogP contribution in [0.3, 0.4) is 0 Å². The maximum Gasteiger partial charge on any atom is 0.314 e. The van der Waals surface area contributed by atoms with E-state index in [0.717, 1.165) is 28.7 Å². The van der Waals surface area contributed by atoms with Crippen molar-refractivity contribution in [3.8, 4) is 11.1 Å². The van der Waals surface area contributed by atoms with E-state index in [4.69, 9.17) is 17.0 Å². The Labute approximate surface area is 215 Å². The molecular weight excluding hydrogens is 454 g/mol. The van der Waals surface area contributed by atoms with Gasteiger partial charge in [0.25, 0.3) is 5.17 Å². The minimum absolute atomic E-state index is 0.110. The summed E-state index contributed by atoms with van der Waals surface area (Å²) >= 11 is 5.42. The van der Waals surface area contributed by atoms with Crippen LogP contribution in [-0.2, 0) is 25.8 Å². The van der Waals surface area contributed by atoms with E-state index in [2.05, 4.69) is 52.0 Å². The van der Waals surface area contributed by atoms with Gasteiger partial charge in [-0.2, -0.15) is 0 Å². The number of carboxylic acids is 1. The Morgan fingerprint density at radius 3 is 2.06 bits per heavy atom. The minimum Gasteiger partial charge on any atom is -0.481 e. The van der Waals surface area contributed by atoms with Gasteiger partial charge < -0.3 is 14.7 Å². The van der Waals surface area contributed by atoms with E-state index in [0.29, 0.717) is 10.9 Å². The highest BCUT2D eigenvalue weighted by Crippen LogP contribution is 2.48. The molecule has 1 N–H and O–H groups in total. The van der Waals surface area contributed by atoms with E-state index >= 15 is 0 Å². The van der Waals surface area contributed by atoms with Gasteiger partial charge in [-0.3, -0.25) is 4.79 Å². The van der Waals surface area contributed by atoms with Crippen molar-refractivity contribution in [2.45, 2.75) is 70.6 Å². The highest BCUT2D eigenvalue weighted by molar-refractivity contribution is 7.80. The number of hydrogen-bond acceptors (Lipinski definition) is 3. The Morgan fingerprint density at radius 2 is 1.49 bits per heavy atom. The molecule has 2 aliphatic carbocycles. The number of carboxylic acid groups (broad SMARTS) is 1. The zero-order valence-corrected chi connectivity index (χ0v) is 23.0. The second-order valence-corrected chi connectivity index (χ2v) is 12.2. The van der Waals surface area contributed by atoms with Gasteiger partial charge in [-0.1, -0.05) is 65.0 Å². The second kappa shape index (κ2) is 8.48. The molecule has 186 valence electrons. The molecule has 2 atom stereocenters. The lowest BCUT2D eigenvalue weighted by Gasteiger charge is -2.42. The summed E-state index contributed by atoms with van der Waals surface area (Å²) in [5.74, 6) is -0.487. The van der Waals surface area contributed by atoms with Gasteiger partial charge in [0.05, 0.1) is 5.41 Å². The van der Waals surface area contributed by atoms with Crippen molar-refractivity contribution in [2.24, 2.45) is 5.92 Å². The number of ether oxygens (including phenoxy) is 1. The number of aliphatic carboxylic acids is 1. The number of fused-ring (bicyclic) bond motifs is 2. The van der Waals surface area contributed by atoms with E-state index in [1.165, 1.54) is 17.5 Å². The normalized spacial score (nSPS) is 24.0. The molecule has 0 saturated heterocycles. The van der Waals surface area contributed by atoms with Crippen LogP contribution in [-0.4, -0.2) is 35.2 Å². The van der Waals surface area contributed by atoms with Crippen LogP contribution in [0, 0.1) is 5.92 Å².